The highest BCUT2D eigenvalue weighted by Gasteiger charge is 2.20. The summed E-state index contributed by atoms with van der Waals surface area (Å²) in [5.41, 5.74) is 0.904. The van der Waals surface area contributed by atoms with Crippen LogP contribution in [0, 0.1) is 12.8 Å². The number of hydrogen-bond donors (Lipinski definition) is 3. The number of rotatable bonds is 6. The molecule has 0 spiro atoms. The molecule has 2 aromatic rings. The predicted molar refractivity (Wildman–Crippen MR) is 111 cm³/mol. The molecule has 2 amide bonds. The second-order valence-corrected chi connectivity index (χ2v) is 8.06. The van der Waals surface area contributed by atoms with Gasteiger partial charge in [0.25, 0.3) is 5.91 Å². The SMILES string of the molecule is Cc1nn(C)c2sc(C(=O)NC(C)C(=O)NCCC3CCCNC3)cc12.Cl. The maximum absolute atomic E-state index is 12.5. The van der Waals surface area contributed by atoms with E-state index in [-0.39, 0.29) is 24.2 Å². The van der Waals surface area contributed by atoms with Crippen molar-refractivity contribution in [2.24, 2.45) is 13.0 Å². The summed E-state index contributed by atoms with van der Waals surface area (Å²) in [7, 11) is 1.87. The minimum Gasteiger partial charge on any atom is -0.354 e. The fourth-order valence-corrected chi connectivity index (χ4v) is 4.40. The molecule has 0 bridgehead atoms. The summed E-state index contributed by atoms with van der Waals surface area (Å²) in [5.74, 6) is 0.273. The predicted octanol–water partition coefficient (Wildman–Crippen LogP) is 1.99. The fraction of sp³-hybridized carbons (Fsp3) is 0.611. The molecule has 2 aromatic heterocycles. The minimum atomic E-state index is -0.559. The van der Waals surface area contributed by atoms with Gasteiger partial charge in [-0.05, 0) is 58.2 Å². The number of hydrogen-bond acceptors (Lipinski definition) is 5. The van der Waals surface area contributed by atoms with E-state index in [0.29, 0.717) is 17.3 Å². The van der Waals surface area contributed by atoms with E-state index in [1.165, 1.54) is 24.2 Å². The van der Waals surface area contributed by atoms with Gasteiger partial charge in [0, 0.05) is 19.0 Å². The molecule has 3 heterocycles. The van der Waals surface area contributed by atoms with E-state index in [2.05, 4.69) is 21.0 Å². The van der Waals surface area contributed by atoms with Crippen LogP contribution in [0.1, 0.15) is 41.6 Å². The summed E-state index contributed by atoms with van der Waals surface area (Å²) in [6.45, 7) is 6.42. The molecular formula is C18H28ClN5O2S. The zero-order valence-electron chi connectivity index (χ0n) is 16.0. The molecule has 0 aliphatic carbocycles. The highest BCUT2D eigenvalue weighted by molar-refractivity contribution is 7.20. The molecule has 9 heteroatoms. The smallest absolute Gasteiger partial charge is 0.262 e. The third-order valence-electron chi connectivity index (χ3n) is 4.91. The van der Waals surface area contributed by atoms with Gasteiger partial charge in [-0.2, -0.15) is 5.10 Å². The molecule has 3 N–H and O–H groups in total. The van der Waals surface area contributed by atoms with Crippen molar-refractivity contribution in [3.63, 3.8) is 0 Å². The van der Waals surface area contributed by atoms with E-state index < -0.39 is 6.04 Å². The lowest BCUT2D eigenvalue weighted by molar-refractivity contribution is -0.122. The number of amides is 2. The number of aromatic nitrogens is 2. The van der Waals surface area contributed by atoms with E-state index in [1.807, 2.05) is 20.0 Å². The third-order valence-corrected chi connectivity index (χ3v) is 6.11. The van der Waals surface area contributed by atoms with Crippen LogP contribution in [0.25, 0.3) is 10.2 Å². The van der Waals surface area contributed by atoms with Crippen LogP contribution >= 0.6 is 23.7 Å². The van der Waals surface area contributed by atoms with Crippen molar-refractivity contribution >= 4 is 45.8 Å². The second kappa shape index (κ2) is 9.52. The van der Waals surface area contributed by atoms with Crippen molar-refractivity contribution in [3.05, 3.63) is 16.6 Å². The Morgan fingerprint density at radius 3 is 2.93 bits per heavy atom. The van der Waals surface area contributed by atoms with Gasteiger partial charge in [-0.15, -0.1) is 23.7 Å². The number of halogens is 1. The molecule has 0 aromatic carbocycles. The molecule has 2 atom stereocenters. The average molecular weight is 414 g/mol. The van der Waals surface area contributed by atoms with Gasteiger partial charge in [-0.1, -0.05) is 0 Å². The number of carbonyl (C=O) groups excluding carboxylic acids is 2. The van der Waals surface area contributed by atoms with Gasteiger partial charge in [0.15, 0.2) is 0 Å². The maximum atomic E-state index is 12.5. The van der Waals surface area contributed by atoms with E-state index >= 15 is 0 Å². The Bertz CT molecular complexity index is 763. The number of thiophene rings is 1. The number of carbonyl (C=O) groups is 2. The molecule has 2 unspecified atom stereocenters. The van der Waals surface area contributed by atoms with Gasteiger partial charge in [0.05, 0.1) is 10.6 Å². The Kier molecular flexibility index (Phi) is 7.64. The van der Waals surface area contributed by atoms with Crippen LogP contribution in [0.15, 0.2) is 6.07 Å². The lowest BCUT2D eigenvalue weighted by Gasteiger charge is -2.23. The molecular weight excluding hydrogens is 386 g/mol. The Hall–Kier alpha value is -1.64. The maximum Gasteiger partial charge on any atom is 0.262 e. The van der Waals surface area contributed by atoms with Gasteiger partial charge in [0.1, 0.15) is 10.9 Å². The van der Waals surface area contributed by atoms with Crippen molar-refractivity contribution in [2.45, 2.75) is 39.2 Å². The number of piperidine rings is 1. The zero-order valence-corrected chi connectivity index (χ0v) is 17.6. The van der Waals surface area contributed by atoms with Crippen LogP contribution in [-0.2, 0) is 11.8 Å². The van der Waals surface area contributed by atoms with Crippen LogP contribution in [0.3, 0.4) is 0 Å². The first kappa shape index (κ1) is 21.7. The van der Waals surface area contributed by atoms with Crippen LogP contribution < -0.4 is 16.0 Å². The number of nitrogens with one attached hydrogen (secondary N) is 3. The van der Waals surface area contributed by atoms with E-state index in [1.54, 1.807) is 11.6 Å². The summed E-state index contributed by atoms with van der Waals surface area (Å²) in [6.07, 6.45) is 3.40. The Morgan fingerprint density at radius 1 is 1.48 bits per heavy atom. The summed E-state index contributed by atoms with van der Waals surface area (Å²) >= 11 is 1.39. The zero-order chi connectivity index (χ0) is 18.7. The standard InChI is InChI=1S/C18H27N5O2S.ClH/c1-11-14-9-15(26-18(14)23(3)22-11)17(25)21-12(2)16(24)20-8-6-13-5-4-7-19-10-13;/h9,12-13,19H,4-8,10H2,1-3H3,(H,20,24)(H,21,25);1H. The molecule has 27 heavy (non-hydrogen) atoms. The lowest BCUT2D eigenvalue weighted by Crippen LogP contribution is -2.45. The van der Waals surface area contributed by atoms with E-state index in [0.717, 1.165) is 35.4 Å². The van der Waals surface area contributed by atoms with Crippen LogP contribution in [0.4, 0.5) is 0 Å². The molecule has 0 saturated carbocycles. The van der Waals surface area contributed by atoms with Gasteiger partial charge in [-0.25, -0.2) is 0 Å². The molecule has 1 aliphatic heterocycles. The van der Waals surface area contributed by atoms with Gasteiger partial charge < -0.3 is 16.0 Å². The van der Waals surface area contributed by atoms with Crippen LogP contribution in [0.5, 0.6) is 0 Å². The van der Waals surface area contributed by atoms with Crippen molar-refractivity contribution in [1.82, 2.24) is 25.7 Å². The second-order valence-electron chi connectivity index (χ2n) is 7.03. The van der Waals surface area contributed by atoms with Crippen LogP contribution in [0.2, 0.25) is 0 Å². The quantitative estimate of drug-likeness (QED) is 0.675. The van der Waals surface area contributed by atoms with Gasteiger partial charge in [0.2, 0.25) is 5.91 Å². The van der Waals surface area contributed by atoms with Crippen LogP contribution in [-0.4, -0.2) is 47.3 Å². The largest absolute Gasteiger partial charge is 0.354 e. The van der Waals surface area contributed by atoms with Gasteiger partial charge >= 0.3 is 0 Å². The molecule has 0 radical (unpaired) electrons. The van der Waals surface area contributed by atoms with Crippen molar-refractivity contribution in [3.8, 4) is 0 Å². The summed E-state index contributed by atoms with van der Waals surface area (Å²) < 4.78 is 1.78. The number of aryl methyl sites for hydroxylation is 2. The Labute approximate surface area is 169 Å². The molecule has 3 rings (SSSR count). The highest BCUT2D eigenvalue weighted by Crippen LogP contribution is 2.27. The molecule has 150 valence electrons. The summed E-state index contributed by atoms with van der Waals surface area (Å²) in [5, 5.41) is 14.4. The average Bonchev–Trinajstić information content (AvgIpc) is 3.17. The summed E-state index contributed by atoms with van der Waals surface area (Å²) in [6, 6.07) is 1.29. The van der Waals surface area contributed by atoms with Crippen molar-refractivity contribution in [1.29, 1.82) is 0 Å². The highest BCUT2D eigenvalue weighted by atomic mass is 35.5. The molecule has 1 fully saturated rings. The number of fused-ring (bicyclic) bond motifs is 1. The molecule has 7 nitrogen and oxygen atoms in total. The first-order chi connectivity index (χ1) is 12.5. The normalized spacial score (nSPS) is 18.0. The molecule has 1 saturated heterocycles. The van der Waals surface area contributed by atoms with Gasteiger partial charge in [-0.3, -0.25) is 14.3 Å². The lowest BCUT2D eigenvalue weighted by atomic mass is 9.96. The Morgan fingerprint density at radius 2 is 2.26 bits per heavy atom. The Balaban J connectivity index is 0.00000261. The monoisotopic (exact) mass is 413 g/mol. The first-order valence-corrected chi connectivity index (χ1v) is 9.99. The fourth-order valence-electron chi connectivity index (χ4n) is 3.37. The van der Waals surface area contributed by atoms with E-state index in [9.17, 15) is 9.59 Å². The van der Waals surface area contributed by atoms with E-state index in [4.69, 9.17) is 0 Å². The topological polar surface area (TPSA) is 88.0 Å². The van der Waals surface area contributed by atoms with Crippen molar-refractivity contribution in [2.75, 3.05) is 19.6 Å². The summed E-state index contributed by atoms with van der Waals surface area (Å²) in [4.78, 5) is 26.2. The molecule has 1 aliphatic rings. The minimum absolute atomic E-state index is 0. The first-order valence-electron chi connectivity index (χ1n) is 9.18. The number of nitrogens with zero attached hydrogens (tertiary/aromatic N) is 2. The third kappa shape index (κ3) is 5.21. The van der Waals surface area contributed by atoms with Crippen molar-refractivity contribution < 1.29 is 9.59 Å².